The minimum Gasteiger partial charge on any atom is -0.421 e. The van der Waals surface area contributed by atoms with Gasteiger partial charge in [-0.3, -0.25) is 0 Å². The number of carbonyl (C=O) groups is 1. The molecule has 94 valence electrons. The van der Waals surface area contributed by atoms with Crippen molar-refractivity contribution < 1.29 is 9.53 Å². The number of carbonyl (C=O) groups excluding carboxylic acids is 1. The van der Waals surface area contributed by atoms with Crippen LogP contribution in [0.2, 0.25) is 0 Å². The van der Waals surface area contributed by atoms with Gasteiger partial charge in [0, 0.05) is 0 Å². The summed E-state index contributed by atoms with van der Waals surface area (Å²) in [6.07, 6.45) is 0. The molecule has 0 unspecified atom stereocenters. The summed E-state index contributed by atoms with van der Waals surface area (Å²) in [6.45, 7) is 4.00. The molecule has 2 aromatic rings. The van der Waals surface area contributed by atoms with Crippen LogP contribution < -0.4 is 10.5 Å². The molecule has 0 bridgehead atoms. The minimum atomic E-state index is -0.404. The van der Waals surface area contributed by atoms with Crippen LogP contribution in [0.15, 0.2) is 54.6 Å². The molecule has 2 N–H and O–H groups in total. The van der Waals surface area contributed by atoms with Gasteiger partial charge >= 0.3 is 5.97 Å². The highest BCUT2D eigenvalue weighted by Crippen LogP contribution is 2.20. The molecule has 0 spiro atoms. The Kier molecular flexibility index (Phi) is 5.45. The Hall–Kier alpha value is -2.29. The summed E-state index contributed by atoms with van der Waals surface area (Å²) in [4.78, 5) is 11.7. The molecule has 2 aromatic carbocycles. The van der Waals surface area contributed by atoms with Crippen molar-refractivity contribution >= 4 is 11.7 Å². The molecule has 3 heteroatoms. The fourth-order valence-electron chi connectivity index (χ4n) is 1.31. The predicted octanol–water partition coefficient (Wildman–Crippen LogP) is 3.51. The normalized spacial score (nSPS) is 9.00. The van der Waals surface area contributed by atoms with Crippen LogP contribution in [-0.2, 0) is 0 Å². The average Bonchev–Trinajstić information content (AvgIpc) is 2.44. The van der Waals surface area contributed by atoms with Crippen LogP contribution in [0.25, 0.3) is 0 Å². The van der Waals surface area contributed by atoms with Crippen molar-refractivity contribution in [3.8, 4) is 5.75 Å². The second kappa shape index (κ2) is 7.12. The average molecular weight is 243 g/mol. The molecule has 0 aliphatic heterocycles. The van der Waals surface area contributed by atoms with E-state index in [0.717, 1.165) is 0 Å². The number of rotatable bonds is 2. The first-order valence-electron chi connectivity index (χ1n) is 5.89. The molecule has 0 aliphatic rings. The first-order chi connectivity index (χ1) is 8.77. The molecule has 0 aliphatic carbocycles. The van der Waals surface area contributed by atoms with Crippen molar-refractivity contribution in [1.82, 2.24) is 0 Å². The van der Waals surface area contributed by atoms with E-state index in [0.29, 0.717) is 17.0 Å². The maximum atomic E-state index is 11.7. The number of nitrogens with two attached hydrogens (primary N) is 1. The number of benzene rings is 2. The van der Waals surface area contributed by atoms with Gasteiger partial charge in [-0.05, 0) is 24.3 Å². The number of para-hydroxylation sites is 2. The zero-order valence-electron chi connectivity index (χ0n) is 10.6. The van der Waals surface area contributed by atoms with Gasteiger partial charge < -0.3 is 10.5 Å². The zero-order chi connectivity index (χ0) is 13.4. The van der Waals surface area contributed by atoms with Gasteiger partial charge in [0.15, 0.2) is 5.75 Å². The first kappa shape index (κ1) is 13.8. The molecule has 0 amide bonds. The molecule has 0 fully saturated rings. The molecule has 0 aromatic heterocycles. The molecule has 0 radical (unpaired) electrons. The van der Waals surface area contributed by atoms with Crippen LogP contribution >= 0.6 is 0 Å². The topological polar surface area (TPSA) is 52.3 Å². The van der Waals surface area contributed by atoms with Crippen LogP contribution in [0.5, 0.6) is 5.75 Å². The Labute approximate surface area is 107 Å². The molecule has 0 saturated heterocycles. The highest BCUT2D eigenvalue weighted by atomic mass is 16.5. The van der Waals surface area contributed by atoms with Gasteiger partial charge in [0.05, 0.1) is 11.3 Å². The van der Waals surface area contributed by atoms with E-state index in [-0.39, 0.29) is 0 Å². The second-order valence-electron chi connectivity index (χ2n) is 3.29. The third kappa shape index (κ3) is 3.63. The van der Waals surface area contributed by atoms with E-state index in [1.54, 1.807) is 48.5 Å². The summed E-state index contributed by atoms with van der Waals surface area (Å²) in [5.74, 6) is -0.0187. The summed E-state index contributed by atoms with van der Waals surface area (Å²) >= 11 is 0. The molecule has 0 heterocycles. The van der Waals surface area contributed by atoms with Crippen molar-refractivity contribution in [3.05, 3.63) is 60.2 Å². The monoisotopic (exact) mass is 243 g/mol. The lowest BCUT2D eigenvalue weighted by atomic mass is 10.2. The van der Waals surface area contributed by atoms with Crippen LogP contribution in [-0.4, -0.2) is 5.97 Å². The number of nitrogen functional groups attached to an aromatic ring is 1. The van der Waals surface area contributed by atoms with Crippen molar-refractivity contribution in [3.63, 3.8) is 0 Å². The Morgan fingerprint density at radius 3 is 2.11 bits per heavy atom. The van der Waals surface area contributed by atoms with Crippen molar-refractivity contribution in [1.29, 1.82) is 0 Å². The van der Waals surface area contributed by atoms with Gasteiger partial charge in [0.2, 0.25) is 0 Å². The highest BCUT2D eigenvalue weighted by Gasteiger charge is 2.08. The van der Waals surface area contributed by atoms with Crippen LogP contribution in [0.4, 0.5) is 5.69 Å². The maximum Gasteiger partial charge on any atom is 0.343 e. The standard InChI is InChI=1S/C13H11NO2.C2H6/c14-11-8-4-5-9-12(11)16-13(15)10-6-2-1-3-7-10;1-2/h1-9H,14H2;1-2H3. The van der Waals surface area contributed by atoms with Crippen LogP contribution in [0, 0.1) is 0 Å². The van der Waals surface area contributed by atoms with Crippen LogP contribution in [0.1, 0.15) is 24.2 Å². The van der Waals surface area contributed by atoms with Gasteiger partial charge in [-0.2, -0.15) is 0 Å². The molecule has 18 heavy (non-hydrogen) atoms. The smallest absolute Gasteiger partial charge is 0.343 e. The van der Waals surface area contributed by atoms with Crippen molar-refractivity contribution in [2.24, 2.45) is 0 Å². The molecule has 0 saturated carbocycles. The second-order valence-corrected chi connectivity index (χ2v) is 3.29. The fourth-order valence-corrected chi connectivity index (χ4v) is 1.31. The Bertz CT molecular complexity index is 495. The third-order valence-corrected chi connectivity index (χ3v) is 2.13. The minimum absolute atomic E-state index is 0.386. The lowest BCUT2D eigenvalue weighted by Crippen LogP contribution is -2.09. The van der Waals surface area contributed by atoms with Crippen LogP contribution in [0.3, 0.4) is 0 Å². The molecule has 2 rings (SSSR count). The number of anilines is 1. The predicted molar refractivity (Wildman–Crippen MR) is 73.6 cm³/mol. The van der Waals surface area contributed by atoms with E-state index < -0.39 is 5.97 Å². The number of hydrogen-bond donors (Lipinski definition) is 1. The zero-order valence-corrected chi connectivity index (χ0v) is 10.6. The highest BCUT2D eigenvalue weighted by molar-refractivity contribution is 5.91. The van der Waals surface area contributed by atoms with E-state index in [2.05, 4.69) is 0 Å². The van der Waals surface area contributed by atoms with Gasteiger partial charge in [-0.25, -0.2) is 4.79 Å². The largest absolute Gasteiger partial charge is 0.421 e. The van der Waals surface area contributed by atoms with E-state index in [1.165, 1.54) is 0 Å². The Balaban J connectivity index is 0.000000771. The summed E-state index contributed by atoms with van der Waals surface area (Å²) in [5, 5.41) is 0. The quantitative estimate of drug-likeness (QED) is 0.499. The first-order valence-corrected chi connectivity index (χ1v) is 5.89. The summed E-state index contributed by atoms with van der Waals surface area (Å²) < 4.78 is 5.17. The maximum absolute atomic E-state index is 11.7. The SMILES string of the molecule is CC.Nc1ccccc1OC(=O)c1ccccc1. The fraction of sp³-hybridized carbons (Fsp3) is 0.133. The van der Waals surface area contributed by atoms with Gasteiger partial charge in [-0.15, -0.1) is 0 Å². The van der Waals surface area contributed by atoms with E-state index in [9.17, 15) is 4.79 Å². The Morgan fingerprint density at radius 1 is 0.944 bits per heavy atom. The number of hydrogen-bond acceptors (Lipinski definition) is 3. The van der Waals surface area contributed by atoms with E-state index in [4.69, 9.17) is 10.5 Å². The molecular weight excluding hydrogens is 226 g/mol. The van der Waals surface area contributed by atoms with Gasteiger partial charge in [0.25, 0.3) is 0 Å². The number of esters is 1. The van der Waals surface area contributed by atoms with Gasteiger partial charge in [-0.1, -0.05) is 44.2 Å². The van der Waals surface area contributed by atoms with Crippen molar-refractivity contribution in [2.75, 3.05) is 5.73 Å². The Morgan fingerprint density at radius 2 is 1.50 bits per heavy atom. The van der Waals surface area contributed by atoms with E-state index >= 15 is 0 Å². The summed E-state index contributed by atoms with van der Waals surface area (Å²) in [6, 6.07) is 15.7. The molecular formula is C15H17NO2. The van der Waals surface area contributed by atoms with E-state index in [1.807, 2.05) is 19.9 Å². The summed E-state index contributed by atoms with van der Waals surface area (Å²) in [7, 11) is 0. The third-order valence-electron chi connectivity index (χ3n) is 2.13. The lowest BCUT2D eigenvalue weighted by molar-refractivity contribution is 0.0736. The molecule has 0 atom stereocenters. The number of ether oxygens (including phenoxy) is 1. The van der Waals surface area contributed by atoms with Gasteiger partial charge in [0.1, 0.15) is 0 Å². The summed E-state index contributed by atoms with van der Waals surface area (Å²) in [5.41, 5.74) is 6.63. The molecule has 3 nitrogen and oxygen atoms in total. The van der Waals surface area contributed by atoms with Crippen molar-refractivity contribution in [2.45, 2.75) is 13.8 Å². The lowest BCUT2D eigenvalue weighted by Gasteiger charge is -2.06.